The van der Waals surface area contributed by atoms with Crippen molar-refractivity contribution in [2.45, 2.75) is 19.6 Å². The molecule has 2 rings (SSSR count). The van der Waals surface area contributed by atoms with Gasteiger partial charge in [-0.05, 0) is 42.8 Å². The summed E-state index contributed by atoms with van der Waals surface area (Å²) >= 11 is 5.83. The molecule has 0 saturated heterocycles. The second kappa shape index (κ2) is 7.37. The first-order chi connectivity index (χ1) is 10.9. The maximum absolute atomic E-state index is 13.0. The number of hydrogen-bond donors (Lipinski definition) is 1. The van der Waals surface area contributed by atoms with Crippen LogP contribution in [-0.4, -0.2) is 12.5 Å². The van der Waals surface area contributed by atoms with E-state index in [0.29, 0.717) is 5.56 Å². The van der Waals surface area contributed by atoms with Gasteiger partial charge in [-0.25, -0.2) is 4.39 Å². The van der Waals surface area contributed by atoms with Gasteiger partial charge in [0.2, 0.25) is 0 Å². The quantitative estimate of drug-likeness (QED) is 0.863. The molecule has 0 aromatic heterocycles. The van der Waals surface area contributed by atoms with Crippen LogP contribution in [0.25, 0.3) is 0 Å². The van der Waals surface area contributed by atoms with Gasteiger partial charge in [0.15, 0.2) is 0 Å². The number of alkyl halides is 2. The van der Waals surface area contributed by atoms with Crippen molar-refractivity contribution in [2.75, 3.05) is 0 Å². The third kappa shape index (κ3) is 4.63. The van der Waals surface area contributed by atoms with Gasteiger partial charge in [-0.15, -0.1) is 0 Å². The Bertz CT molecular complexity index is 709. The molecule has 122 valence electrons. The Labute approximate surface area is 136 Å². The van der Waals surface area contributed by atoms with Gasteiger partial charge in [-0.3, -0.25) is 4.79 Å². The molecule has 23 heavy (non-hydrogen) atoms. The lowest BCUT2D eigenvalue weighted by Crippen LogP contribution is -2.27. The van der Waals surface area contributed by atoms with E-state index in [4.69, 9.17) is 11.6 Å². The molecule has 0 aliphatic heterocycles. The number of amides is 1. The molecule has 0 spiro atoms. The van der Waals surface area contributed by atoms with E-state index < -0.39 is 24.4 Å². The van der Waals surface area contributed by atoms with Crippen molar-refractivity contribution in [3.05, 3.63) is 64.4 Å². The summed E-state index contributed by atoms with van der Waals surface area (Å²) in [5.74, 6) is -1.04. The summed E-state index contributed by atoms with van der Waals surface area (Å²) in [5, 5.41) is 2.65. The van der Waals surface area contributed by atoms with Gasteiger partial charge in [0.25, 0.3) is 5.91 Å². The van der Waals surface area contributed by atoms with E-state index in [9.17, 15) is 18.0 Å². The van der Waals surface area contributed by atoms with Crippen LogP contribution in [0.5, 0.6) is 5.75 Å². The molecule has 0 aliphatic rings. The second-order valence-electron chi connectivity index (χ2n) is 4.77. The first kappa shape index (κ1) is 17.1. The van der Waals surface area contributed by atoms with Gasteiger partial charge < -0.3 is 10.1 Å². The minimum absolute atomic E-state index is 0.00147. The number of rotatable bonds is 5. The third-order valence-electron chi connectivity index (χ3n) is 3.11. The van der Waals surface area contributed by atoms with E-state index in [-0.39, 0.29) is 16.3 Å². The molecule has 0 unspecified atom stereocenters. The fraction of sp³-hybridized carbons (Fsp3) is 0.188. The molecule has 0 bridgehead atoms. The summed E-state index contributed by atoms with van der Waals surface area (Å²) in [5.41, 5.74) is 0.703. The molecular formula is C16H13ClF3NO2. The van der Waals surface area contributed by atoms with Crippen molar-refractivity contribution in [3.63, 3.8) is 0 Å². The molecular weight excluding hydrogens is 331 g/mol. The maximum Gasteiger partial charge on any atom is 0.387 e. The molecule has 2 aromatic rings. The average Bonchev–Trinajstić information content (AvgIpc) is 2.46. The summed E-state index contributed by atoms with van der Waals surface area (Å²) in [6, 6.07) is 8.96. The molecule has 3 nitrogen and oxygen atoms in total. The van der Waals surface area contributed by atoms with Crippen molar-refractivity contribution in [1.82, 2.24) is 5.32 Å². The van der Waals surface area contributed by atoms with Crippen molar-refractivity contribution in [2.24, 2.45) is 0 Å². The molecule has 1 amide bonds. The van der Waals surface area contributed by atoms with Crippen LogP contribution in [0.4, 0.5) is 13.2 Å². The van der Waals surface area contributed by atoms with Gasteiger partial charge in [0.1, 0.15) is 11.6 Å². The van der Waals surface area contributed by atoms with Gasteiger partial charge in [0.05, 0.1) is 16.6 Å². The number of carbonyl (C=O) groups is 1. The Morgan fingerprint density at radius 3 is 2.61 bits per heavy atom. The molecule has 1 atom stereocenters. The molecule has 2 aromatic carbocycles. The lowest BCUT2D eigenvalue weighted by Gasteiger charge is -2.16. The molecule has 0 aliphatic carbocycles. The minimum Gasteiger partial charge on any atom is -0.435 e. The smallest absolute Gasteiger partial charge is 0.387 e. The van der Waals surface area contributed by atoms with Crippen LogP contribution in [0.15, 0.2) is 42.5 Å². The standard InChI is InChI=1S/C16H13ClF3NO2/c1-9(10-3-2-4-12(7-10)23-16(19)20)21-15(22)13-6-5-11(18)8-14(13)17/h2-9,16H,1H3,(H,21,22)/t9-/m0/s1. The van der Waals surface area contributed by atoms with Gasteiger partial charge >= 0.3 is 6.61 Å². The minimum atomic E-state index is -2.92. The Hall–Kier alpha value is -2.21. The lowest BCUT2D eigenvalue weighted by atomic mass is 10.1. The van der Waals surface area contributed by atoms with E-state index in [2.05, 4.69) is 10.1 Å². The van der Waals surface area contributed by atoms with Crippen molar-refractivity contribution >= 4 is 17.5 Å². The summed E-state index contributed by atoms with van der Waals surface area (Å²) in [4.78, 5) is 12.2. The molecule has 0 saturated carbocycles. The van der Waals surface area contributed by atoms with E-state index in [0.717, 1.165) is 12.1 Å². The van der Waals surface area contributed by atoms with Crippen molar-refractivity contribution in [3.8, 4) is 5.75 Å². The summed E-state index contributed by atoms with van der Waals surface area (Å²) in [6.07, 6.45) is 0. The molecule has 0 fully saturated rings. The summed E-state index contributed by atoms with van der Waals surface area (Å²) in [7, 11) is 0. The Morgan fingerprint density at radius 1 is 1.22 bits per heavy atom. The van der Waals surface area contributed by atoms with Gasteiger partial charge in [-0.2, -0.15) is 8.78 Å². The van der Waals surface area contributed by atoms with Crippen molar-refractivity contribution < 1.29 is 22.7 Å². The van der Waals surface area contributed by atoms with E-state index >= 15 is 0 Å². The van der Waals surface area contributed by atoms with Crippen LogP contribution >= 0.6 is 11.6 Å². The molecule has 7 heteroatoms. The zero-order chi connectivity index (χ0) is 17.0. The SMILES string of the molecule is C[C@H](NC(=O)c1ccc(F)cc1Cl)c1cccc(OC(F)F)c1. The highest BCUT2D eigenvalue weighted by Crippen LogP contribution is 2.22. The Morgan fingerprint density at radius 2 is 1.96 bits per heavy atom. The van der Waals surface area contributed by atoms with Crippen LogP contribution in [0.1, 0.15) is 28.9 Å². The predicted molar refractivity (Wildman–Crippen MR) is 80.4 cm³/mol. The number of nitrogens with one attached hydrogen (secondary N) is 1. The van der Waals surface area contributed by atoms with Crippen LogP contribution in [0, 0.1) is 5.82 Å². The second-order valence-corrected chi connectivity index (χ2v) is 5.18. The highest BCUT2D eigenvalue weighted by Gasteiger charge is 2.15. The zero-order valence-electron chi connectivity index (χ0n) is 12.0. The normalized spacial score (nSPS) is 12.1. The number of benzene rings is 2. The van der Waals surface area contributed by atoms with Gasteiger partial charge in [-0.1, -0.05) is 23.7 Å². The first-order valence-corrected chi connectivity index (χ1v) is 7.05. The monoisotopic (exact) mass is 343 g/mol. The van der Waals surface area contributed by atoms with E-state index in [1.165, 1.54) is 18.2 Å². The van der Waals surface area contributed by atoms with E-state index in [1.54, 1.807) is 19.1 Å². The van der Waals surface area contributed by atoms with Crippen LogP contribution in [0.3, 0.4) is 0 Å². The summed E-state index contributed by atoms with van der Waals surface area (Å²) < 4.78 is 41.8. The number of hydrogen-bond acceptors (Lipinski definition) is 2. The number of halogens is 4. The Balaban J connectivity index is 2.12. The number of carbonyl (C=O) groups excluding carboxylic acids is 1. The zero-order valence-corrected chi connectivity index (χ0v) is 12.8. The molecule has 1 N–H and O–H groups in total. The fourth-order valence-electron chi connectivity index (χ4n) is 1.99. The largest absolute Gasteiger partial charge is 0.435 e. The van der Waals surface area contributed by atoms with Crippen LogP contribution < -0.4 is 10.1 Å². The molecule has 0 radical (unpaired) electrons. The van der Waals surface area contributed by atoms with Crippen molar-refractivity contribution in [1.29, 1.82) is 0 Å². The fourth-order valence-corrected chi connectivity index (χ4v) is 2.24. The third-order valence-corrected chi connectivity index (χ3v) is 3.42. The first-order valence-electron chi connectivity index (χ1n) is 6.67. The number of ether oxygens (including phenoxy) is 1. The summed E-state index contributed by atoms with van der Waals surface area (Å²) in [6.45, 7) is -1.25. The van der Waals surface area contributed by atoms with Crippen LogP contribution in [-0.2, 0) is 0 Å². The van der Waals surface area contributed by atoms with Crippen LogP contribution in [0.2, 0.25) is 5.02 Å². The molecule has 0 heterocycles. The maximum atomic E-state index is 13.0. The average molecular weight is 344 g/mol. The predicted octanol–water partition coefficient (Wildman–Crippen LogP) is 4.57. The lowest BCUT2D eigenvalue weighted by molar-refractivity contribution is -0.0499. The van der Waals surface area contributed by atoms with Gasteiger partial charge in [0, 0.05) is 0 Å². The Kier molecular flexibility index (Phi) is 5.50. The topological polar surface area (TPSA) is 38.3 Å². The highest BCUT2D eigenvalue weighted by atomic mass is 35.5. The van der Waals surface area contributed by atoms with E-state index in [1.807, 2.05) is 0 Å². The highest BCUT2D eigenvalue weighted by molar-refractivity contribution is 6.33.